The van der Waals surface area contributed by atoms with Gasteiger partial charge in [0, 0.05) is 24.6 Å². The summed E-state index contributed by atoms with van der Waals surface area (Å²) >= 11 is 0. The Bertz CT molecular complexity index is 575. The van der Waals surface area contributed by atoms with Gasteiger partial charge in [-0.2, -0.15) is 0 Å². The molecule has 2 atom stereocenters. The van der Waals surface area contributed by atoms with Gasteiger partial charge in [0.1, 0.15) is 5.82 Å². The highest BCUT2D eigenvalue weighted by atomic mass is 15.1. The van der Waals surface area contributed by atoms with E-state index in [1.807, 2.05) is 36.1 Å². The molecule has 20 heavy (non-hydrogen) atoms. The monoisotopic (exact) mass is 270 g/mol. The van der Waals surface area contributed by atoms with E-state index in [-0.39, 0.29) is 0 Å². The van der Waals surface area contributed by atoms with Crippen molar-refractivity contribution >= 4 is 5.69 Å². The zero-order chi connectivity index (χ0) is 13.9. The van der Waals surface area contributed by atoms with E-state index in [1.165, 1.54) is 25.7 Å². The second-order valence-electron chi connectivity index (χ2n) is 5.65. The first-order valence-electron chi connectivity index (χ1n) is 7.49. The van der Waals surface area contributed by atoms with Gasteiger partial charge in [0.2, 0.25) is 0 Å². The maximum absolute atomic E-state index is 4.52. The molecule has 1 aliphatic carbocycles. The Morgan fingerprint density at radius 1 is 1.30 bits per heavy atom. The van der Waals surface area contributed by atoms with Gasteiger partial charge in [-0.1, -0.05) is 13.3 Å². The number of rotatable bonds is 4. The fourth-order valence-corrected chi connectivity index (χ4v) is 3.10. The van der Waals surface area contributed by atoms with Crippen molar-refractivity contribution in [3.05, 3.63) is 36.5 Å². The zero-order valence-electron chi connectivity index (χ0n) is 12.2. The second-order valence-corrected chi connectivity index (χ2v) is 5.65. The summed E-state index contributed by atoms with van der Waals surface area (Å²) in [5.41, 5.74) is 1.11. The summed E-state index contributed by atoms with van der Waals surface area (Å²) < 4.78 is 2.04. The fourth-order valence-electron chi connectivity index (χ4n) is 3.10. The fraction of sp³-hybridized carbons (Fsp3) is 0.500. The minimum atomic E-state index is 0.576. The molecule has 1 fully saturated rings. The van der Waals surface area contributed by atoms with Crippen LogP contribution in [0, 0.1) is 12.8 Å². The molecule has 106 valence electrons. The summed E-state index contributed by atoms with van der Waals surface area (Å²) in [5.74, 6) is 2.79. The largest absolute Gasteiger partial charge is 0.379 e. The van der Waals surface area contributed by atoms with Gasteiger partial charge >= 0.3 is 0 Å². The van der Waals surface area contributed by atoms with Crippen LogP contribution in [0.15, 0.2) is 30.7 Å². The van der Waals surface area contributed by atoms with Gasteiger partial charge in [-0.15, -0.1) is 0 Å². The predicted octanol–water partition coefficient (Wildman–Crippen LogP) is 3.57. The Kier molecular flexibility index (Phi) is 3.72. The highest BCUT2D eigenvalue weighted by molar-refractivity contribution is 5.57. The van der Waals surface area contributed by atoms with E-state index in [2.05, 4.69) is 28.3 Å². The van der Waals surface area contributed by atoms with Crippen LogP contribution < -0.4 is 5.32 Å². The molecule has 1 aliphatic rings. The first-order valence-corrected chi connectivity index (χ1v) is 7.49. The molecule has 2 unspecified atom stereocenters. The number of nitrogens with one attached hydrogen (secondary N) is 1. The smallest absolute Gasteiger partial charge is 0.161 e. The van der Waals surface area contributed by atoms with Crippen molar-refractivity contribution in [2.24, 2.45) is 5.92 Å². The van der Waals surface area contributed by atoms with Crippen LogP contribution in [0.3, 0.4) is 0 Å². The highest BCUT2D eigenvalue weighted by Gasteiger charge is 2.24. The normalized spacial score (nSPS) is 22.1. The molecule has 2 aromatic rings. The van der Waals surface area contributed by atoms with E-state index in [4.69, 9.17) is 0 Å². The van der Waals surface area contributed by atoms with Gasteiger partial charge in [0.25, 0.3) is 0 Å². The molecule has 1 N–H and O–H groups in total. The third-order valence-electron chi connectivity index (χ3n) is 4.32. The number of pyridine rings is 1. The van der Waals surface area contributed by atoms with E-state index in [9.17, 15) is 0 Å². The highest BCUT2D eigenvalue weighted by Crippen LogP contribution is 2.31. The number of imidazole rings is 1. The molecular weight excluding hydrogens is 248 g/mol. The molecule has 0 spiro atoms. The molecule has 0 bridgehead atoms. The predicted molar refractivity (Wildman–Crippen MR) is 81.1 cm³/mol. The van der Waals surface area contributed by atoms with Gasteiger partial charge in [-0.3, -0.25) is 4.57 Å². The molecule has 3 rings (SSSR count). The number of nitrogens with zero attached hydrogens (tertiary/aromatic N) is 3. The van der Waals surface area contributed by atoms with Gasteiger partial charge in [0.05, 0.1) is 5.69 Å². The van der Waals surface area contributed by atoms with Gasteiger partial charge in [-0.25, -0.2) is 9.97 Å². The lowest BCUT2D eigenvalue weighted by molar-refractivity contribution is 0.525. The number of hydrogen-bond donors (Lipinski definition) is 1. The van der Waals surface area contributed by atoms with Crippen LogP contribution >= 0.6 is 0 Å². The molecule has 0 aromatic carbocycles. The van der Waals surface area contributed by atoms with E-state index in [1.54, 1.807) is 0 Å². The van der Waals surface area contributed by atoms with Crippen molar-refractivity contribution in [3.63, 3.8) is 0 Å². The summed E-state index contributed by atoms with van der Waals surface area (Å²) in [6, 6.07) is 4.68. The molecule has 4 heteroatoms. The second kappa shape index (κ2) is 5.65. The molecular formula is C16H22N4. The van der Waals surface area contributed by atoms with Crippen LogP contribution in [0.25, 0.3) is 5.82 Å². The summed E-state index contributed by atoms with van der Waals surface area (Å²) in [5, 5.41) is 3.68. The Balaban J connectivity index is 1.82. The average molecular weight is 270 g/mol. The summed E-state index contributed by atoms with van der Waals surface area (Å²) in [4.78, 5) is 8.81. The zero-order valence-corrected chi connectivity index (χ0v) is 12.2. The van der Waals surface area contributed by atoms with E-state index >= 15 is 0 Å². The maximum atomic E-state index is 4.52. The topological polar surface area (TPSA) is 42.7 Å². The van der Waals surface area contributed by atoms with Crippen molar-refractivity contribution in [1.82, 2.24) is 14.5 Å². The summed E-state index contributed by atoms with van der Waals surface area (Å²) in [6.07, 6.45) is 10.8. The number of anilines is 1. The Hall–Kier alpha value is -1.84. The van der Waals surface area contributed by atoms with Crippen LogP contribution in [-0.4, -0.2) is 20.6 Å². The molecule has 1 saturated carbocycles. The molecule has 4 nitrogen and oxygen atoms in total. The molecule has 2 heterocycles. The first kappa shape index (κ1) is 13.2. The number of aryl methyl sites for hydroxylation is 1. The van der Waals surface area contributed by atoms with Crippen molar-refractivity contribution in [3.8, 4) is 5.82 Å². The Morgan fingerprint density at radius 3 is 2.90 bits per heavy atom. The lowest BCUT2D eigenvalue weighted by Crippen LogP contribution is -2.17. The number of aromatic nitrogens is 3. The summed E-state index contributed by atoms with van der Waals surface area (Å²) in [7, 11) is 0. The van der Waals surface area contributed by atoms with Crippen LogP contribution in [-0.2, 0) is 0 Å². The standard InChI is InChI=1S/C16H22N4/c1-3-13-6-7-14(11-13)19-15-5-4-8-18-16(15)20-10-9-17-12(20)2/h4-5,8-10,13-14,19H,3,6-7,11H2,1-2H3. The Morgan fingerprint density at radius 2 is 2.20 bits per heavy atom. The number of hydrogen-bond acceptors (Lipinski definition) is 3. The van der Waals surface area contributed by atoms with Crippen molar-refractivity contribution < 1.29 is 0 Å². The molecule has 2 aromatic heterocycles. The molecule has 0 saturated heterocycles. The lowest BCUT2D eigenvalue weighted by Gasteiger charge is -2.17. The Labute approximate surface area is 120 Å². The minimum absolute atomic E-state index is 0.576. The molecule has 0 amide bonds. The third kappa shape index (κ3) is 2.55. The first-order chi connectivity index (χ1) is 9.78. The van der Waals surface area contributed by atoms with Gasteiger partial charge < -0.3 is 5.32 Å². The van der Waals surface area contributed by atoms with Crippen LogP contribution in [0.2, 0.25) is 0 Å². The minimum Gasteiger partial charge on any atom is -0.379 e. The van der Waals surface area contributed by atoms with Crippen LogP contribution in [0.5, 0.6) is 0 Å². The van der Waals surface area contributed by atoms with Crippen molar-refractivity contribution in [2.75, 3.05) is 5.32 Å². The van der Waals surface area contributed by atoms with Gasteiger partial charge in [0.15, 0.2) is 5.82 Å². The van der Waals surface area contributed by atoms with Crippen LogP contribution in [0.4, 0.5) is 5.69 Å². The van der Waals surface area contributed by atoms with E-state index in [0.717, 1.165) is 23.2 Å². The van der Waals surface area contributed by atoms with Crippen molar-refractivity contribution in [1.29, 1.82) is 0 Å². The summed E-state index contributed by atoms with van der Waals surface area (Å²) in [6.45, 7) is 4.29. The maximum Gasteiger partial charge on any atom is 0.161 e. The SMILES string of the molecule is CCC1CCC(Nc2cccnc2-n2ccnc2C)C1. The molecule has 0 radical (unpaired) electrons. The van der Waals surface area contributed by atoms with E-state index in [0.29, 0.717) is 6.04 Å². The van der Waals surface area contributed by atoms with Gasteiger partial charge in [-0.05, 0) is 44.2 Å². The lowest BCUT2D eigenvalue weighted by atomic mass is 10.1. The van der Waals surface area contributed by atoms with Crippen LogP contribution in [0.1, 0.15) is 38.4 Å². The average Bonchev–Trinajstić information content (AvgIpc) is 3.08. The third-order valence-corrected chi connectivity index (χ3v) is 4.32. The van der Waals surface area contributed by atoms with Crippen molar-refractivity contribution in [2.45, 2.75) is 45.6 Å². The quantitative estimate of drug-likeness (QED) is 0.923. The van der Waals surface area contributed by atoms with E-state index < -0.39 is 0 Å². The molecule has 0 aliphatic heterocycles.